The minimum atomic E-state index is -0.366. The molecule has 1 amide bonds. The Labute approximate surface area is 174 Å². The van der Waals surface area contributed by atoms with Gasteiger partial charge in [-0.15, -0.1) is 11.3 Å². The second kappa shape index (κ2) is 7.78. The lowest BCUT2D eigenvalue weighted by molar-refractivity contribution is 0.0299. The molecule has 4 heterocycles. The first-order valence-corrected chi connectivity index (χ1v) is 11.1. The van der Waals surface area contributed by atoms with Crippen LogP contribution in [0.5, 0.6) is 0 Å². The number of hydrogen-bond donors (Lipinski definition) is 1. The van der Waals surface area contributed by atoms with Crippen LogP contribution in [0.1, 0.15) is 40.4 Å². The van der Waals surface area contributed by atoms with E-state index in [0.717, 1.165) is 38.9 Å². The van der Waals surface area contributed by atoms with Crippen LogP contribution in [0.25, 0.3) is 15.9 Å². The number of fused-ring (bicyclic) bond motifs is 2. The highest BCUT2D eigenvalue weighted by Crippen LogP contribution is 2.31. The highest BCUT2D eigenvalue weighted by atomic mass is 32.1. The zero-order valence-corrected chi connectivity index (χ0v) is 17.2. The molecule has 1 atom stereocenters. The van der Waals surface area contributed by atoms with Crippen LogP contribution in [-0.2, 0) is 11.2 Å². The molecule has 1 unspecified atom stereocenters. The third-order valence-corrected chi connectivity index (χ3v) is 6.98. The Kier molecular flexibility index (Phi) is 4.99. The highest BCUT2D eigenvalue weighted by Gasteiger charge is 2.23. The summed E-state index contributed by atoms with van der Waals surface area (Å²) in [5.41, 5.74) is 9.82. The van der Waals surface area contributed by atoms with Crippen molar-refractivity contribution in [3.63, 3.8) is 0 Å². The van der Waals surface area contributed by atoms with Gasteiger partial charge in [0.15, 0.2) is 0 Å². The fourth-order valence-electron chi connectivity index (χ4n) is 4.43. The smallest absolute Gasteiger partial charge is 0.248 e. The van der Waals surface area contributed by atoms with Gasteiger partial charge in [0, 0.05) is 48.9 Å². The number of primary amides is 1. The molecule has 2 aromatic heterocycles. The predicted molar refractivity (Wildman–Crippen MR) is 117 cm³/mol. The van der Waals surface area contributed by atoms with E-state index in [9.17, 15) is 4.79 Å². The number of thiophene rings is 1. The predicted octanol–water partition coefficient (Wildman–Crippen LogP) is 4.05. The minimum absolute atomic E-state index is 0.0984. The van der Waals surface area contributed by atoms with Crippen LogP contribution in [0.4, 0.5) is 0 Å². The van der Waals surface area contributed by atoms with Crippen LogP contribution in [-0.4, -0.2) is 41.6 Å². The molecule has 0 bridgehead atoms. The summed E-state index contributed by atoms with van der Waals surface area (Å²) in [5.74, 6) is -0.366. The maximum absolute atomic E-state index is 11.4. The van der Waals surface area contributed by atoms with E-state index in [1.165, 1.54) is 27.0 Å². The molecule has 5 rings (SSSR count). The molecule has 3 aromatic rings. The second-order valence-corrected chi connectivity index (χ2v) is 8.68. The number of carbonyl (C=O) groups is 1. The van der Waals surface area contributed by atoms with Gasteiger partial charge < -0.3 is 15.0 Å². The first-order chi connectivity index (χ1) is 14.2. The number of rotatable bonds is 5. The standard InChI is InChI=1S/C23H25N3O2S/c24-22(27)18-1-2-20-17(15-18)7-13-28-21(20)6-11-25-9-4-19(5-10-25)26-12-3-16-8-14-29-23(16)26/h1-4,8,12,14-15,21H,5-7,9-11,13H2,(H2,24,27). The molecule has 0 saturated heterocycles. The van der Waals surface area contributed by atoms with Gasteiger partial charge in [0.2, 0.25) is 5.91 Å². The molecule has 2 aliphatic heterocycles. The topological polar surface area (TPSA) is 60.5 Å². The second-order valence-electron chi connectivity index (χ2n) is 7.79. The number of ether oxygens (including phenoxy) is 1. The van der Waals surface area contributed by atoms with E-state index in [4.69, 9.17) is 10.5 Å². The monoisotopic (exact) mass is 407 g/mol. The molecule has 150 valence electrons. The average molecular weight is 408 g/mol. The largest absolute Gasteiger partial charge is 0.373 e. The lowest BCUT2D eigenvalue weighted by Gasteiger charge is -2.31. The third kappa shape index (κ3) is 3.64. The van der Waals surface area contributed by atoms with E-state index < -0.39 is 0 Å². The summed E-state index contributed by atoms with van der Waals surface area (Å²) in [6, 6.07) is 10.2. The van der Waals surface area contributed by atoms with Gasteiger partial charge in [-0.25, -0.2) is 0 Å². The average Bonchev–Trinajstić information content (AvgIpc) is 3.36. The molecule has 0 fully saturated rings. The van der Waals surface area contributed by atoms with E-state index in [2.05, 4.69) is 39.3 Å². The molecule has 6 heteroatoms. The summed E-state index contributed by atoms with van der Waals surface area (Å²) < 4.78 is 8.40. The molecule has 5 nitrogen and oxygen atoms in total. The maximum Gasteiger partial charge on any atom is 0.248 e. The summed E-state index contributed by atoms with van der Waals surface area (Å²) in [6.07, 6.45) is 7.52. The third-order valence-electron chi connectivity index (χ3n) is 6.05. The first-order valence-electron chi connectivity index (χ1n) is 10.2. The van der Waals surface area contributed by atoms with E-state index in [1.807, 2.05) is 18.2 Å². The summed E-state index contributed by atoms with van der Waals surface area (Å²) in [4.78, 5) is 15.3. The van der Waals surface area contributed by atoms with Gasteiger partial charge in [0.05, 0.1) is 12.7 Å². The molecular formula is C23H25N3O2S. The fourth-order valence-corrected chi connectivity index (χ4v) is 5.34. The lowest BCUT2D eigenvalue weighted by Crippen LogP contribution is -2.32. The van der Waals surface area contributed by atoms with E-state index in [0.29, 0.717) is 12.2 Å². The van der Waals surface area contributed by atoms with Crippen LogP contribution >= 0.6 is 11.3 Å². The van der Waals surface area contributed by atoms with Crippen molar-refractivity contribution in [1.82, 2.24) is 9.47 Å². The van der Waals surface area contributed by atoms with Crippen molar-refractivity contribution >= 4 is 33.2 Å². The van der Waals surface area contributed by atoms with Gasteiger partial charge in [0.25, 0.3) is 0 Å². The van der Waals surface area contributed by atoms with Crippen LogP contribution in [0.3, 0.4) is 0 Å². The number of hydrogen-bond acceptors (Lipinski definition) is 4. The Balaban J connectivity index is 1.23. The quantitative estimate of drug-likeness (QED) is 0.694. The Morgan fingerprint density at radius 1 is 1.24 bits per heavy atom. The molecule has 2 N–H and O–H groups in total. The van der Waals surface area contributed by atoms with Gasteiger partial charge in [-0.1, -0.05) is 12.1 Å². The summed E-state index contributed by atoms with van der Waals surface area (Å²) >= 11 is 1.80. The van der Waals surface area contributed by atoms with E-state index >= 15 is 0 Å². The molecule has 0 aliphatic carbocycles. The van der Waals surface area contributed by atoms with Crippen molar-refractivity contribution in [2.24, 2.45) is 5.73 Å². The Bertz CT molecular complexity index is 1080. The molecular weight excluding hydrogens is 382 g/mol. The van der Waals surface area contributed by atoms with Crippen LogP contribution < -0.4 is 5.73 Å². The van der Waals surface area contributed by atoms with Crippen molar-refractivity contribution in [3.8, 4) is 0 Å². The molecule has 0 radical (unpaired) electrons. The minimum Gasteiger partial charge on any atom is -0.373 e. The van der Waals surface area contributed by atoms with Gasteiger partial charge in [0.1, 0.15) is 4.83 Å². The number of aromatic nitrogens is 1. The van der Waals surface area contributed by atoms with Crippen molar-refractivity contribution < 1.29 is 9.53 Å². The van der Waals surface area contributed by atoms with E-state index in [1.54, 1.807) is 11.3 Å². The number of amides is 1. The van der Waals surface area contributed by atoms with Gasteiger partial charge in [-0.05, 0) is 53.6 Å². The normalized spacial score (nSPS) is 19.9. The molecule has 0 saturated carbocycles. The summed E-state index contributed by atoms with van der Waals surface area (Å²) in [5, 5.41) is 3.48. The van der Waals surface area contributed by atoms with Crippen molar-refractivity contribution in [2.75, 3.05) is 26.2 Å². The first kappa shape index (κ1) is 18.6. The van der Waals surface area contributed by atoms with Crippen LogP contribution in [0, 0.1) is 0 Å². The zero-order chi connectivity index (χ0) is 19.8. The zero-order valence-electron chi connectivity index (χ0n) is 16.3. The molecule has 1 aromatic carbocycles. The van der Waals surface area contributed by atoms with Crippen LogP contribution in [0.15, 0.2) is 48.0 Å². The van der Waals surface area contributed by atoms with Crippen LogP contribution in [0.2, 0.25) is 0 Å². The SMILES string of the molecule is NC(=O)c1ccc2c(c1)CCOC2CCN1CC=C(n2ccc3ccsc32)CC1. The molecule has 29 heavy (non-hydrogen) atoms. The van der Waals surface area contributed by atoms with E-state index in [-0.39, 0.29) is 12.0 Å². The Morgan fingerprint density at radius 2 is 2.17 bits per heavy atom. The number of carbonyl (C=O) groups excluding carboxylic acids is 1. The number of nitrogens with two attached hydrogens (primary N) is 1. The van der Waals surface area contributed by atoms with Gasteiger partial charge >= 0.3 is 0 Å². The van der Waals surface area contributed by atoms with Gasteiger partial charge in [-0.2, -0.15) is 0 Å². The summed E-state index contributed by atoms with van der Waals surface area (Å²) in [7, 11) is 0. The van der Waals surface area contributed by atoms with Crippen molar-refractivity contribution in [2.45, 2.75) is 25.4 Å². The lowest BCUT2D eigenvalue weighted by atomic mass is 9.93. The fraction of sp³-hybridized carbons (Fsp3) is 0.348. The highest BCUT2D eigenvalue weighted by molar-refractivity contribution is 7.16. The molecule has 2 aliphatic rings. The van der Waals surface area contributed by atoms with Crippen molar-refractivity contribution in [3.05, 3.63) is 64.7 Å². The Morgan fingerprint density at radius 3 is 3.00 bits per heavy atom. The van der Waals surface area contributed by atoms with Crippen molar-refractivity contribution in [1.29, 1.82) is 0 Å². The number of benzene rings is 1. The molecule has 0 spiro atoms. The summed E-state index contributed by atoms with van der Waals surface area (Å²) in [6.45, 7) is 3.75. The number of nitrogens with zero attached hydrogens (tertiary/aromatic N) is 2. The maximum atomic E-state index is 11.4. The Hall–Kier alpha value is -2.41. The van der Waals surface area contributed by atoms with Gasteiger partial charge in [-0.3, -0.25) is 9.69 Å².